The minimum Gasteiger partial charge on any atom is -0.333 e. The first-order valence-electron chi connectivity index (χ1n) is 10.5. The van der Waals surface area contributed by atoms with E-state index in [1.54, 1.807) is 11.3 Å². The highest BCUT2D eigenvalue weighted by atomic mass is 32.1. The minimum atomic E-state index is 0.107. The molecular formula is C24H24N4OS. The van der Waals surface area contributed by atoms with Gasteiger partial charge in [0.25, 0.3) is 0 Å². The molecule has 1 saturated heterocycles. The lowest BCUT2D eigenvalue weighted by Crippen LogP contribution is -2.38. The summed E-state index contributed by atoms with van der Waals surface area (Å²) in [5, 5.41) is 5.52. The Morgan fingerprint density at radius 3 is 2.77 bits per heavy atom. The maximum Gasteiger partial charge on any atom is 0.223 e. The quantitative estimate of drug-likeness (QED) is 0.451. The van der Waals surface area contributed by atoms with Gasteiger partial charge in [-0.15, -0.1) is 11.3 Å². The Bertz CT molecular complexity index is 1120. The molecule has 1 aliphatic heterocycles. The Labute approximate surface area is 180 Å². The zero-order chi connectivity index (χ0) is 20.3. The lowest BCUT2D eigenvalue weighted by molar-refractivity contribution is -0.135. The topological polar surface area (TPSA) is 51.0 Å². The fraction of sp³-hybridized carbons (Fsp3) is 0.292. The summed E-state index contributed by atoms with van der Waals surface area (Å²) in [4.78, 5) is 20.0. The second-order valence-corrected chi connectivity index (χ2v) is 8.81. The molecule has 0 N–H and O–H groups in total. The number of amides is 1. The number of hydrogen-bond acceptors (Lipinski definition) is 4. The molecule has 2 aromatic heterocycles. The lowest BCUT2D eigenvalue weighted by Gasteiger charge is -2.34. The molecule has 1 fully saturated rings. The number of piperidine rings is 1. The Kier molecular flexibility index (Phi) is 5.32. The third kappa shape index (κ3) is 3.87. The average molecular weight is 417 g/mol. The van der Waals surface area contributed by atoms with Crippen LogP contribution in [0.2, 0.25) is 0 Å². The first-order valence-corrected chi connectivity index (χ1v) is 11.3. The summed E-state index contributed by atoms with van der Waals surface area (Å²) in [6.07, 6.45) is 8.30. The summed E-state index contributed by atoms with van der Waals surface area (Å²) in [6.45, 7) is 0.822. The maximum atomic E-state index is 13.1. The van der Waals surface area contributed by atoms with Crippen LogP contribution in [-0.4, -0.2) is 32.1 Å². The van der Waals surface area contributed by atoms with Crippen molar-refractivity contribution in [2.24, 2.45) is 0 Å². The molecule has 1 unspecified atom stereocenters. The number of likely N-dealkylation sites (tertiary alicyclic amines) is 1. The van der Waals surface area contributed by atoms with Crippen molar-refractivity contribution in [3.8, 4) is 5.69 Å². The van der Waals surface area contributed by atoms with Crippen molar-refractivity contribution in [3.05, 3.63) is 77.6 Å². The molecule has 2 aromatic carbocycles. The predicted molar refractivity (Wildman–Crippen MR) is 120 cm³/mol. The highest BCUT2D eigenvalue weighted by molar-refractivity contribution is 7.18. The molecule has 4 aromatic rings. The number of aryl methyl sites for hydroxylation is 1. The number of benzene rings is 2. The third-order valence-corrected chi connectivity index (χ3v) is 6.84. The standard InChI is InChI=1S/C24H24N4OS/c29-23(14-13-18-16-25-28(17-18)19-8-2-1-3-9-19)27-15-7-6-11-21(27)24-26-20-10-4-5-12-22(20)30-24/h1-5,8-10,12,16-17,21H,6-7,11,13-15H2. The van der Waals surface area contributed by atoms with Crippen molar-refractivity contribution < 1.29 is 4.79 Å². The van der Waals surface area contributed by atoms with E-state index in [1.807, 2.05) is 59.5 Å². The Hall–Kier alpha value is -2.99. The molecule has 0 radical (unpaired) electrons. The molecular weight excluding hydrogens is 392 g/mol. The van der Waals surface area contributed by atoms with E-state index >= 15 is 0 Å². The normalized spacial score (nSPS) is 16.8. The number of nitrogens with zero attached hydrogens (tertiary/aromatic N) is 4. The SMILES string of the molecule is O=C(CCc1cnn(-c2ccccc2)c1)N1CCCCC1c1nc2ccccc2s1. The number of carbonyl (C=O) groups excluding carboxylic acids is 1. The number of hydrogen-bond donors (Lipinski definition) is 0. The van der Waals surface area contributed by atoms with Crippen LogP contribution in [0.25, 0.3) is 15.9 Å². The maximum absolute atomic E-state index is 13.1. The van der Waals surface area contributed by atoms with Gasteiger partial charge in [0, 0.05) is 19.2 Å². The zero-order valence-electron chi connectivity index (χ0n) is 16.8. The van der Waals surface area contributed by atoms with E-state index in [4.69, 9.17) is 4.98 Å². The third-order valence-electron chi connectivity index (χ3n) is 5.70. The molecule has 3 heterocycles. The first kappa shape index (κ1) is 19.0. The Morgan fingerprint density at radius 1 is 1.07 bits per heavy atom. The molecule has 152 valence electrons. The smallest absolute Gasteiger partial charge is 0.223 e. The fourth-order valence-electron chi connectivity index (χ4n) is 4.13. The van der Waals surface area contributed by atoms with Gasteiger partial charge in [-0.25, -0.2) is 9.67 Å². The van der Waals surface area contributed by atoms with E-state index in [-0.39, 0.29) is 11.9 Å². The van der Waals surface area contributed by atoms with Crippen LogP contribution in [0.5, 0.6) is 0 Å². The van der Waals surface area contributed by atoms with Crippen LogP contribution >= 0.6 is 11.3 Å². The van der Waals surface area contributed by atoms with Gasteiger partial charge >= 0.3 is 0 Å². The van der Waals surface area contributed by atoms with E-state index in [0.717, 1.165) is 47.6 Å². The van der Waals surface area contributed by atoms with Gasteiger partial charge < -0.3 is 4.90 Å². The summed E-state index contributed by atoms with van der Waals surface area (Å²) in [6, 6.07) is 18.4. The lowest BCUT2D eigenvalue weighted by atomic mass is 10.0. The number of carbonyl (C=O) groups is 1. The number of thiazole rings is 1. The first-order chi connectivity index (χ1) is 14.8. The summed E-state index contributed by atoms with van der Waals surface area (Å²) in [5.74, 6) is 0.214. The van der Waals surface area contributed by atoms with Crippen LogP contribution in [0.15, 0.2) is 67.0 Å². The molecule has 0 bridgehead atoms. The van der Waals surface area contributed by atoms with Crippen LogP contribution in [0.3, 0.4) is 0 Å². The number of rotatable bonds is 5. The molecule has 30 heavy (non-hydrogen) atoms. The highest BCUT2D eigenvalue weighted by Gasteiger charge is 2.30. The van der Waals surface area contributed by atoms with Gasteiger partial charge in [-0.1, -0.05) is 30.3 Å². The molecule has 1 atom stereocenters. The zero-order valence-corrected chi connectivity index (χ0v) is 17.6. The van der Waals surface area contributed by atoms with Gasteiger partial charge in [-0.2, -0.15) is 5.10 Å². The van der Waals surface area contributed by atoms with Crippen molar-refractivity contribution in [3.63, 3.8) is 0 Å². The van der Waals surface area contributed by atoms with Crippen molar-refractivity contribution in [2.45, 2.75) is 38.1 Å². The Balaban J connectivity index is 1.28. The van der Waals surface area contributed by atoms with E-state index < -0.39 is 0 Å². The molecule has 5 nitrogen and oxygen atoms in total. The number of para-hydroxylation sites is 2. The van der Waals surface area contributed by atoms with Crippen molar-refractivity contribution in [1.82, 2.24) is 19.7 Å². The molecule has 6 heteroatoms. The second-order valence-electron chi connectivity index (χ2n) is 7.75. The van der Waals surface area contributed by atoms with Crippen LogP contribution in [0.4, 0.5) is 0 Å². The van der Waals surface area contributed by atoms with Crippen LogP contribution < -0.4 is 0 Å². The largest absolute Gasteiger partial charge is 0.333 e. The van der Waals surface area contributed by atoms with Crippen LogP contribution in [-0.2, 0) is 11.2 Å². The number of fused-ring (bicyclic) bond motifs is 1. The van der Waals surface area contributed by atoms with Gasteiger partial charge in [-0.3, -0.25) is 4.79 Å². The fourth-order valence-corrected chi connectivity index (χ4v) is 5.24. The molecule has 0 spiro atoms. The van der Waals surface area contributed by atoms with Gasteiger partial charge in [0.15, 0.2) is 0 Å². The minimum absolute atomic E-state index is 0.107. The average Bonchev–Trinajstić information content (AvgIpc) is 3.45. The van der Waals surface area contributed by atoms with E-state index in [2.05, 4.69) is 22.1 Å². The van der Waals surface area contributed by atoms with Crippen molar-refractivity contribution >= 4 is 27.5 Å². The number of aromatic nitrogens is 3. The summed E-state index contributed by atoms with van der Waals surface area (Å²) in [7, 11) is 0. The molecule has 1 amide bonds. The van der Waals surface area contributed by atoms with Crippen LogP contribution in [0, 0.1) is 0 Å². The molecule has 0 aliphatic carbocycles. The van der Waals surface area contributed by atoms with Gasteiger partial charge in [0.2, 0.25) is 5.91 Å². The molecule has 5 rings (SSSR count). The van der Waals surface area contributed by atoms with E-state index in [9.17, 15) is 4.79 Å². The van der Waals surface area contributed by atoms with Gasteiger partial charge in [-0.05, 0) is 55.5 Å². The molecule has 0 saturated carbocycles. The highest BCUT2D eigenvalue weighted by Crippen LogP contribution is 2.36. The van der Waals surface area contributed by atoms with Gasteiger partial charge in [0.05, 0.1) is 28.1 Å². The predicted octanol–water partition coefficient (Wildman–Crippen LogP) is 5.17. The van der Waals surface area contributed by atoms with Crippen molar-refractivity contribution in [1.29, 1.82) is 0 Å². The summed E-state index contributed by atoms with van der Waals surface area (Å²) >= 11 is 1.72. The second kappa shape index (κ2) is 8.40. The summed E-state index contributed by atoms with van der Waals surface area (Å²) < 4.78 is 3.06. The summed E-state index contributed by atoms with van der Waals surface area (Å²) in [5.41, 5.74) is 3.14. The van der Waals surface area contributed by atoms with Gasteiger partial charge in [0.1, 0.15) is 5.01 Å². The van der Waals surface area contributed by atoms with E-state index in [1.165, 1.54) is 4.70 Å². The van der Waals surface area contributed by atoms with Crippen LogP contribution in [0.1, 0.15) is 42.3 Å². The monoisotopic (exact) mass is 416 g/mol. The molecule has 1 aliphatic rings. The Morgan fingerprint density at radius 2 is 1.90 bits per heavy atom. The van der Waals surface area contributed by atoms with Crippen molar-refractivity contribution in [2.75, 3.05) is 6.54 Å². The van der Waals surface area contributed by atoms with E-state index in [0.29, 0.717) is 12.8 Å².